The fourth-order valence-corrected chi connectivity index (χ4v) is 1.47. The van der Waals surface area contributed by atoms with E-state index in [4.69, 9.17) is 15.6 Å². The van der Waals surface area contributed by atoms with Crippen LogP contribution in [0.15, 0.2) is 0 Å². The van der Waals surface area contributed by atoms with Crippen LogP contribution < -0.4 is 5.73 Å². The van der Waals surface area contributed by atoms with Gasteiger partial charge in [0.1, 0.15) is 0 Å². The molecule has 2 atom stereocenters. The molecule has 0 aliphatic carbocycles. The Morgan fingerprint density at radius 3 is 3.00 bits per heavy atom. The highest BCUT2D eigenvalue weighted by atomic mass is 16.5. The summed E-state index contributed by atoms with van der Waals surface area (Å²) in [6, 6.07) is 0.0260. The molecule has 0 radical (unpaired) electrons. The third kappa shape index (κ3) is 2.79. The first-order valence-electron chi connectivity index (χ1n) is 4.25. The van der Waals surface area contributed by atoms with E-state index in [9.17, 15) is 4.79 Å². The van der Waals surface area contributed by atoms with E-state index in [-0.39, 0.29) is 12.5 Å². The lowest BCUT2D eigenvalue weighted by molar-refractivity contribution is -0.137. The number of carboxylic acids is 1. The lowest BCUT2D eigenvalue weighted by Crippen LogP contribution is -2.39. The zero-order chi connectivity index (χ0) is 8.97. The van der Waals surface area contributed by atoms with Crippen LogP contribution in [0.2, 0.25) is 0 Å². The summed E-state index contributed by atoms with van der Waals surface area (Å²) in [5.41, 5.74) is 5.75. The van der Waals surface area contributed by atoms with Gasteiger partial charge in [0, 0.05) is 19.1 Å². The van der Waals surface area contributed by atoms with E-state index < -0.39 is 5.97 Å². The zero-order valence-corrected chi connectivity index (χ0v) is 7.03. The van der Waals surface area contributed by atoms with E-state index in [2.05, 4.69) is 0 Å². The van der Waals surface area contributed by atoms with Gasteiger partial charge in [-0.15, -0.1) is 0 Å². The number of nitrogens with two attached hydrogens (primary N) is 1. The Balaban J connectivity index is 2.24. The van der Waals surface area contributed by atoms with Gasteiger partial charge in [0.25, 0.3) is 0 Å². The standard InChI is InChI=1S/C8H15NO3/c9-7-5-12-4-3-6(7)1-2-8(10)11/h6-7H,1-5,9H2,(H,10,11)/t6-,7-/m0/s1. The predicted molar refractivity (Wildman–Crippen MR) is 43.8 cm³/mol. The minimum absolute atomic E-state index is 0.0260. The third-order valence-electron chi connectivity index (χ3n) is 2.28. The molecule has 12 heavy (non-hydrogen) atoms. The lowest BCUT2D eigenvalue weighted by Gasteiger charge is -2.28. The highest BCUT2D eigenvalue weighted by Gasteiger charge is 2.22. The summed E-state index contributed by atoms with van der Waals surface area (Å²) in [6.07, 6.45) is 1.80. The number of ether oxygens (including phenoxy) is 1. The van der Waals surface area contributed by atoms with Gasteiger partial charge in [0.05, 0.1) is 6.61 Å². The molecule has 1 fully saturated rings. The molecule has 4 nitrogen and oxygen atoms in total. The average Bonchev–Trinajstić information content (AvgIpc) is 2.03. The van der Waals surface area contributed by atoms with Crippen LogP contribution in [0.4, 0.5) is 0 Å². The van der Waals surface area contributed by atoms with Gasteiger partial charge in [-0.1, -0.05) is 0 Å². The number of hydrogen-bond acceptors (Lipinski definition) is 3. The molecule has 1 rings (SSSR count). The third-order valence-corrected chi connectivity index (χ3v) is 2.28. The van der Waals surface area contributed by atoms with Gasteiger partial charge in [0.2, 0.25) is 0 Å². The van der Waals surface area contributed by atoms with Crippen LogP contribution in [-0.2, 0) is 9.53 Å². The molecule has 0 aromatic heterocycles. The Morgan fingerprint density at radius 2 is 2.42 bits per heavy atom. The Labute approximate surface area is 71.7 Å². The van der Waals surface area contributed by atoms with Crippen molar-refractivity contribution < 1.29 is 14.6 Å². The largest absolute Gasteiger partial charge is 0.481 e. The fourth-order valence-electron chi connectivity index (χ4n) is 1.47. The second-order valence-corrected chi connectivity index (χ2v) is 3.22. The molecule has 0 aromatic carbocycles. The lowest BCUT2D eigenvalue weighted by atomic mass is 9.91. The summed E-state index contributed by atoms with van der Waals surface area (Å²) in [7, 11) is 0. The average molecular weight is 173 g/mol. The van der Waals surface area contributed by atoms with Crippen molar-refractivity contribution in [1.82, 2.24) is 0 Å². The van der Waals surface area contributed by atoms with E-state index in [0.29, 0.717) is 18.9 Å². The molecule has 70 valence electrons. The fraction of sp³-hybridized carbons (Fsp3) is 0.875. The molecule has 1 saturated heterocycles. The minimum Gasteiger partial charge on any atom is -0.481 e. The summed E-state index contributed by atoms with van der Waals surface area (Å²) >= 11 is 0. The summed E-state index contributed by atoms with van der Waals surface area (Å²) in [5, 5.41) is 8.46. The highest BCUT2D eigenvalue weighted by molar-refractivity contribution is 5.66. The van der Waals surface area contributed by atoms with Crippen LogP contribution in [-0.4, -0.2) is 30.3 Å². The van der Waals surface area contributed by atoms with Crippen molar-refractivity contribution in [3.8, 4) is 0 Å². The van der Waals surface area contributed by atoms with Crippen LogP contribution in [0.5, 0.6) is 0 Å². The topological polar surface area (TPSA) is 72.5 Å². The van der Waals surface area contributed by atoms with Crippen LogP contribution in [0, 0.1) is 5.92 Å². The Kier molecular flexibility index (Phi) is 3.49. The first-order valence-corrected chi connectivity index (χ1v) is 4.25. The Bertz CT molecular complexity index is 160. The van der Waals surface area contributed by atoms with Gasteiger partial charge >= 0.3 is 5.97 Å². The predicted octanol–water partition coefficient (Wildman–Crippen LogP) is 0.215. The molecule has 0 aromatic rings. The number of aliphatic carboxylic acids is 1. The second-order valence-electron chi connectivity index (χ2n) is 3.22. The molecule has 1 heterocycles. The summed E-state index contributed by atoms with van der Waals surface area (Å²) in [4.78, 5) is 10.3. The van der Waals surface area contributed by atoms with Crippen molar-refractivity contribution in [2.75, 3.05) is 13.2 Å². The molecule has 1 aliphatic rings. The maximum absolute atomic E-state index is 10.3. The molecule has 1 aliphatic heterocycles. The van der Waals surface area contributed by atoms with E-state index in [1.165, 1.54) is 0 Å². The van der Waals surface area contributed by atoms with E-state index >= 15 is 0 Å². The van der Waals surface area contributed by atoms with Crippen molar-refractivity contribution in [2.24, 2.45) is 11.7 Å². The molecule has 4 heteroatoms. The van der Waals surface area contributed by atoms with Crippen molar-refractivity contribution in [3.63, 3.8) is 0 Å². The minimum atomic E-state index is -0.742. The SMILES string of the molecule is N[C@H]1COCC[C@@H]1CCC(=O)O. The Morgan fingerprint density at radius 1 is 1.67 bits per heavy atom. The molecule has 0 unspecified atom stereocenters. The molecule has 0 spiro atoms. The molecule has 0 bridgehead atoms. The first-order chi connectivity index (χ1) is 5.70. The van der Waals surface area contributed by atoms with Gasteiger partial charge in [-0.25, -0.2) is 0 Å². The summed E-state index contributed by atoms with van der Waals surface area (Å²) < 4.78 is 5.15. The van der Waals surface area contributed by atoms with E-state index in [1.807, 2.05) is 0 Å². The second kappa shape index (κ2) is 4.42. The maximum atomic E-state index is 10.3. The number of carbonyl (C=O) groups is 1. The van der Waals surface area contributed by atoms with Crippen molar-refractivity contribution in [3.05, 3.63) is 0 Å². The van der Waals surface area contributed by atoms with Gasteiger partial charge in [-0.2, -0.15) is 0 Å². The molecule has 3 N–H and O–H groups in total. The quantitative estimate of drug-likeness (QED) is 0.640. The maximum Gasteiger partial charge on any atom is 0.303 e. The van der Waals surface area contributed by atoms with E-state index in [1.54, 1.807) is 0 Å². The van der Waals surface area contributed by atoms with Crippen molar-refractivity contribution in [1.29, 1.82) is 0 Å². The van der Waals surface area contributed by atoms with Gasteiger partial charge in [0.15, 0.2) is 0 Å². The molecular formula is C8H15NO3. The molecule has 0 amide bonds. The number of carboxylic acid groups (broad SMARTS) is 1. The van der Waals surface area contributed by atoms with Crippen LogP contribution >= 0.6 is 0 Å². The summed E-state index contributed by atoms with van der Waals surface area (Å²) in [5.74, 6) is -0.413. The van der Waals surface area contributed by atoms with Crippen LogP contribution in [0.3, 0.4) is 0 Å². The highest BCUT2D eigenvalue weighted by Crippen LogP contribution is 2.19. The summed E-state index contributed by atoms with van der Waals surface area (Å²) in [6.45, 7) is 1.29. The first kappa shape index (κ1) is 9.48. The monoisotopic (exact) mass is 173 g/mol. The normalized spacial score (nSPS) is 30.1. The smallest absolute Gasteiger partial charge is 0.303 e. The van der Waals surface area contributed by atoms with E-state index in [0.717, 1.165) is 13.0 Å². The van der Waals surface area contributed by atoms with Crippen molar-refractivity contribution in [2.45, 2.75) is 25.3 Å². The van der Waals surface area contributed by atoms with Gasteiger partial charge in [-0.3, -0.25) is 4.79 Å². The number of rotatable bonds is 3. The zero-order valence-electron chi connectivity index (χ0n) is 7.03. The van der Waals surface area contributed by atoms with Gasteiger partial charge in [-0.05, 0) is 18.8 Å². The molecular weight excluding hydrogens is 158 g/mol. The van der Waals surface area contributed by atoms with Gasteiger partial charge < -0.3 is 15.6 Å². The van der Waals surface area contributed by atoms with Crippen LogP contribution in [0.25, 0.3) is 0 Å². The number of hydrogen-bond donors (Lipinski definition) is 2. The Hall–Kier alpha value is -0.610. The van der Waals surface area contributed by atoms with Crippen LogP contribution in [0.1, 0.15) is 19.3 Å². The molecule has 0 saturated carbocycles. The van der Waals surface area contributed by atoms with Crippen molar-refractivity contribution >= 4 is 5.97 Å².